The van der Waals surface area contributed by atoms with E-state index in [1.165, 1.54) is 80.5 Å². The SMILES string of the molecule is COc1ccc(N(c2ccc(OC)cc2)c2ccc(-c3cc4ccc5c(N6CCCC6)cc(N6CCCC6)c6ccc(c3)c4c56)cc2)cc1. The van der Waals surface area contributed by atoms with Gasteiger partial charge in [-0.1, -0.05) is 36.4 Å². The van der Waals surface area contributed by atoms with Crippen LogP contribution in [0.25, 0.3) is 43.4 Å². The fraction of sp³-hybridized carbons (Fsp3) is 0.227. The fourth-order valence-electron chi connectivity index (χ4n) is 8.20. The van der Waals surface area contributed by atoms with Gasteiger partial charge in [0.15, 0.2) is 0 Å². The highest BCUT2D eigenvalue weighted by Crippen LogP contribution is 2.46. The lowest BCUT2D eigenvalue weighted by molar-refractivity contribution is 0.415. The Bertz CT molecular complexity index is 2120. The number of nitrogens with zero attached hydrogens (tertiary/aromatic N) is 3. The van der Waals surface area contributed by atoms with Crippen molar-refractivity contribution in [2.24, 2.45) is 0 Å². The number of benzene rings is 7. The molecule has 0 bridgehead atoms. The molecule has 5 heteroatoms. The highest BCUT2D eigenvalue weighted by molar-refractivity contribution is 6.28. The third-order valence-corrected chi connectivity index (χ3v) is 10.7. The van der Waals surface area contributed by atoms with E-state index in [9.17, 15) is 0 Å². The van der Waals surface area contributed by atoms with Crippen molar-refractivity contribution in [3.05, 3.63) is 115 Å². The van der Waals surface area contributed by atoms with E-state index in [0.717, 1.165) is 54.7 Å². The fourth-order valence-corrected chi connectivity index (χ4v) is 8.20. The predicted molar refractivity (Wildman–Crippen MR) is 206 cm³/mol. The third kappa shape index (κ3) is 5.16. The van der Waals surface area contributed by atoms with Crippen LogP contribution in [0.4, 0.5) is 28.4 Å². The summed E-state index contributed by atoms with van der Waals surface area (Å²) in [6.45, 7) is 4.60. The second-order valence-corrected chi connectivity index (χ2v) is 13.5. The summed E-state index contributed by atoms with van der Waals surface area (Å²) in [5, 5.41) is 8.22. The van der Waals surface area contributed by atoms with Crippen LogP contribution in [-0.4, -0.2) is 40.4 Å². The molecule has 0 atom stereocenters. The van der Waals surface area contributed by atoms with Crippen LogP contribution in [0.3, 0.4) is 0 Å². The summed E-state index contributed by atoms with van der Waals surface area (Å²) < 4.78 is 10.9. The minimum Gasteiger partial charge on any atom is -0.497 e. The standard InChI is InChI=1S/C44H41N3O2/c1-48-37-17-13-35(14-18-37)47(36-15-19-38(49-2)20-16-36)34-11-7-30(8-12-34)33-27-31-9-21-39-41(45-23-3-4-24-45)29-42(46-25-5-6-26-46)40-22-10-32(28-33)43(31)44(39)40/h7-22,27-29H,3-6,23-26H2,1-2H3. The number of rotatable bonds is 8. The van der Waals surface area contributed by atoms with Gasteiger partial charge in [0.25, 0.3) is 0 Å². The Hall–Kier alpha value is -5.42. The van der Waals surface area contributed by atoms with E-state index in [1.54, 1.807) is 14.2 Å². The Morgan fingerprint density at radius 1 is 0.449 bits per heavy atom. The molecule has 7 aromatic rings. The number of hydrogen-bond acceptors (Lipinski definition) is 5. The summed E-state index contributed by atoms with van der Waals surface area (Å²) in [4.78, 5) is 7.51. The van der Waals surface area contributed by atoms with Gasteiger partial charge in [0.2, 0.25) is 0 Å². The number of ether oxygens (including phenoxy) is 2. The maximum Gasteiger partial charge on any atom is 0.119 e. The van der Waals surface area contributed by atoms with Crippen molar-refractivity contribution in [3.8, 4) is 22.6 Å². The molecular formula is C44H41N3O2. The van der Waals surface area contributed by atoms with Gasteiger partial charge >= 0.3 is 0 Å². The minimum atomic E-state index is 0.836. The van der Waals surface area contributed by atoms with Crippen LogP contribution in [0.5, 0.6) is 11.5 Å². The molecule has 7 aromatic carbocycles. The Labute approximate surface area is 288 Å². The van der Waals surface area contributed by atoms with E-state index in [2.05, 4.69) is 106 Å². The van der Waals surface area contributed by atoms with Gasteiger partial charge in [-0.3, -0.25) is 0 Å². The van der Waals surface area contributed by atoms with E-state index >= 15 is 0 Å². The van der Waals surface area contributed by atoms with E-state index in [-0.39, 0.29) is 0 Å². The first-order valence-corrected chi connectivity index (χ1v) is 17.6. The third-order valence-electron chi connectivity index (χ3n) is 10.7. The summed E-state index contributed by atoms with van der Waals surface area (Å²) in [5.74, 6) is 1.67. The largest absolute Gasteiger partial charge is 0.497 e. The van der Waals surface area contributed by atoms with Crippen molar-refractivity contribution >= 4 is 60.8 Å². The van der Waals surface area contributed by atoms with Gasteiger partial charge in [0.05, 0.1) is 14.2 Å². The van der Waals surface area contributed by atoms with Gasteiger partial charge in [0.1, 0.15) is 11.5 Å². The van der Waals surface area contributed by atoms with Crippen LogP contribution >= 0.6 is 0 Å². The predicted octanol–water partition coefficient (Wildman–Crippen LogP) is 10.9. The molecule has 0 unspecified atom stereocenters. The average molecular weight is 644 g/mol. The summed E-state index contributed by atoms with van der Waals surface area (Å²) >= 11 is 0. The first-order valence-electron chi connectivity index (χ1n) is 17.6. The molecule has 0 amide bonds. The number of methoxy groups -OCH3 is 2. The zero-order chi connectivity index (χ0) is 32.9. The molecule has 0 N–H and O–H groups in total. The van der Waals surface area contributed by atoms with Crippen molar-refractivity contribution in [2.75, 3.05) is 55.1 Å². The maximum atomic E-state index is 5.45. The molecule has 2 saturated heterocycles. The molecule has 5 nitrogen and oxygen atoms in total. The Balaban J connectivity index is 1.14. The molecule has 244 valence electrons. The zero-order valence-electron chi connectivity index (χ0n) is 28.3. The number of anilines is 5. The zero-order valence-corrected chi connectivity index (χ0v) is 28.3. The smallest absolute Gasteiger partial charge is 0.119 e. The van der Waals surface area contributed by atoms with Crippen molar-refractivity contribution in [1.82, 2.24) is 0 Å². The van der Waals surface area contributed by atoms with Gasteiger partial charge in [-0.05, 0) is 132 Å². The van der Waals surface area contributed by atoms with E-state index in [1.807, 2.05) is 24.3 Å². The first kappa shape index (κ1) is 29.7. The molecule has 2 fully saturated rings. The molecule has 0 aromatic heterocycles. The molecule has 0 saturated carbocycles. The van der Waals surface area contributed by atoms with Gasteiger partial charge in [0, 0.05) is 70.8 Å². The van der Waals surface area contributed by atoms with Gasteiger partial charge < -0.3 is 24.2 Å². The summed E-state index contributed by atoms with van der Waals surface area (Å²) in [6, 6.07) is 42.1. The normalized spacial score (nSPS) is 14.8. The van der Waals surface area contributed by atoms with Crippen LogP contribution in [0.15, 0.2) is 115 Å². The molecular weight excluding hydrogens is 603 g/mol. The van der Waals surface area contributed by atoms with Crippen LogP contribution in [0.2, 0.25) is 0 Å². The maximum absolute atomic E-state index is 5.45. The van der Waals surface area contributed by atoms with E-state index in [4.69, 9.17) is 9.47 Å². The van der Waals surface area contributed by atoms with E-state index < -0.39 is 0 Å². The van der Waals surface area contributed by atoms with Crippen LogP contribution in [0.1, 0.15) is 25.7 Å². The van der Waals surface area contributed by atoms with Crippen LogP contribution < -0.4 is 24.2 Å². The summed E-state index contributed by atoms with van der Waals surface area (Å²) in [7, 11) is 3.40. The Morgan fingerprint density at radius 3 is 1.31 bits per heavy atom. The van der Waals surface area contributed by atoms with Crippen molar-refractivity contribution < 1.29 is 9.47 Å². The topological polar surface area (TPSA) is 28.2 Å². The van der Waals surface area contributed by atoms with Gasteiger partial charge in [-0.2, -0.15) is 0 Å². The van der Waals surface area contributed by atoms with Crippen LogP contribution in [0, 0.1) is 0 Å². The molecule has 9 rings (SSSR count). The van der Waals surface area contributed by atoms with E-state index in [0.29, 0.717) is 0 Å². The van der Waals surface area contributed by atoms with Crippen molar-refractivity contribution in [1.29, 1.82) is 0 Å². The van der Waals surface area contributed by atoms with Crippen LogP contribution in [-0.2, 0) is 0 Å². The molecule has 2 aliphatic rings. The Morgan fingerprint density at radius 2 is 0.878 bits per heavy atom. The highest BCUT2D eigenvalue weighted by Gasteiger charge is 2.24. The molecule has 0 aliphatic carbocycles. The monoisotopic (exact) mass is 643 g/mol. The van der Waals surface area contributed by atoms with Gasteiger partial charge in [-0.15, -0.1) is 0 Å². The average Bonchev–Trinajstić information content (AvgIpc) is 3.90. The lowest BCUT2D eigenvalue weighted by Crippen LogP contribution is -2.21. The van der Waals surface area contributed by atoms with Gasteiger partial charge in [-0.25, -0.2) is 0 Å². The highest BCUT2D eigenvalue weighted by atomic mass is 16.5. The minimum absolute atomic E-state index is 0.836. The van der Waals surface area contributed by atoms with Crippen molar-refractivity contribution in [2.45, 2.75) is 25.7 Å². The quantitative estimate of drug-likeness (QED) is 0.154. The lowest BCUT2D eigenvalue weighted by Gasteiger charge is -2.27. The molecule has 2 heterocycles. The lowest BCUT2D eigenvalue weighted by atomic mass is 9.89. The molecule has 0 radical (unpaired) electrons. The summed E-state index contributed by atoms with van der Waals surface area (Å²) in [5.41, 5.74) is 8.47. The molecule has 2 aliphatic heterocycles. The molecule has 49 heavy (non-hydrogen) atoms. The number of hydrogen-bond donors (Lipinski definition) is 0. The summed E-state index contributed by atoms with van der Waals surface area (Å²) in [6.07, 6.45) is 5.12. The first-order chi connectivity index (χ1) is 24.2. The Kier molecular flexibility index (Phi) is 7.41. The second-order valence-electron chi connectivity index (χ2n) is 13.5. The van der Waals surface area contributed by atoms with Crippen molar-refractivity contribution in [3.63, 3.8) is 0 Å². The molecule has 0 spiro atoms. The second kappa shape index (κ2) is 12.2.